The number of halogens is 1. The first-order valence-electron chi connectivity index (χ1n) is 8.34. The molecule has 1 N–H and O–H groups in total. The van der Waals surface area contributed by atoms with Crippen molar-refractivity contribution >= 4 is 28.9 Å². The molecule has 0 aliphatic heterocycles. The van der Waals surface area contributed by atoms with E-state index in [0.717, 1.165) is 15.9 Å². The average Bonchev–Trinajstić information content (AvgIpc) is 2.64. The summed E-state index contributed by atoms with van der Waals surface area (Å²) in [6.45, 7) is -0.171. The predicted octanol–water partition coefficient (Wildman–Crippen LogP) is 3.27. The fourth-order valence-electron chi connectivity index (χ4n) is 2.52. The maximum absolute atomic E-state index is 12.3. The predicted molar refractivity (Wildman–Crippen MR) is 108 cm³/mol. The molecule has 7 heteroatoms. The number of benzene rings is 2. The Hall–Kier alpha value is -3.12. The number of amides is 1. The van der Waals surface area contributed by atoms with Crippen molar-refractivity contribution in [3.8, 4) is 11.3 Å². The third-order valence-electron chi connectivity index (χ3n) is 3.97. The van der Waals surface area contributed by atoms with Crippen LogP contribution in [0.1, 0.15) is 0 Å². The van der Waals surface area contributed by atoms with Crippen LogP contribution in [0, 0.1) is 0 Å². The summed E-state index contributed by atoms with van der Waals surface area (Å²) in [5.41, 5.74) is 2.75. The van der Waals surface area contributed by atoms with E-state index in [0.29, 0.717) is 16.4 Å². The zero-order valence-corrected chi connectivity index (χ0v) is 15.8. The number of carbonyl (C=O) groups excluding carboxylic acids is 1. The van der Waals surface area contributed by atoms with Gasteiger partial charge in [-0.3, -0.25) is 9.59 Å². The van der Waals surface area contributed by atoms with Crippen LogP contribution in [-0.2, 0) is 11.3 Å². The molecule has 138 valence electrons. The van der Waals surface area contributed by atoms with Crippen molar-refractivity contribution < 1.29 is 4.79 Å². The molecule has 0 spiro atoms. The Morgan fingerprint density at radius 1 is 1.04 bits per heavy atom. The second-order valence-corrected chi connectivity index (χ2v) is 6.65. The van der Waals surface area contributed by atoms with E-state index in [-0.39, 0.29) is 18.0 Å². The van der Waals surface area contributed by atoms with Gasteiger partial charge in [0.2, 0.25) is 5.91 Å². The van der Waals surface area contributed by atoms with Crippen LogP contribution in [0.2, 0.25) is 5.02 Å². The highest BCUT2D eigenvalue weighted by Crippen LogP contribution is 2.18. The van der Waals surface area contributed by atoms with Crippen molar-refractivity contribution in [3.05, 3.63) is 76.0 Å². The highest BCUT2D eigenvalue weighted by molar-refractivity contribution is 6.30. The molecule has 0 bridgehead atoms. The molecule has 0 aliphatic carbocycles. The Balaban J connectivity index is 1.74. The quantitative estimate of drug-likeness (QED) is 0.735. The number of anilines is 2. The molecule has 3 aromatic rings. The summed E-state index contributed by atoms with van der Waals surface area (Å²) < 4.78 is 1.15. The normalized spacial score (nSPS) is 10.5. The van der Waals surface area contributed by atoms with E-state index in [2.05, 4.69) is 10.4 Å². The molecule has 1 amide bonds. The maximum atomic E-state index is 12.3. The van der Waals surface area contributed by atoms with Crippen LogP contribution in [0.15, 0.2) is 65.5 Å². The molecular formula is C20H19ClN4O2. The number of rotatable bonds is 5. The van der Waals surface area contributed by atoms with Crippen LogP contribution in [0.25, 0.3) is 11.3 Å². The molecule has 0 saturated heterocycles. The van der Waals surface area contributed by atoms with Crippen LogP contribution in [-0.4, -0.2) is 29.8 Å². The van der Waals surface area contributed by atoms with Crippen molar-refractivity contribution in [2.75, 3.05) is 24.3 Å². The van der Waals surface area contributed by atoms with Crippen molar-refractivity contribution in [3.63, 3.8) is 0 Å². The molecule has 0 saturated carbocycles. The van der Waals surface area contributed by atoms with Crippen molar-refractivity contribution in [2.24, 2.45) is 0 Å². The van der Waals surface area contributed by atoms with Crippen molar-refractivity contribution in [1.29, 1.82) is 0 Å². The topological polar surface area (TPSA) is 67.2 Å². The van der Waals surface area contributed by atoms with Crippen LogP contribution >= 0.6 is 11.6 Å². The van der Waals surface area contributed by atoms with Gasteiger partial charge in [-0.25, -0.2) is 4.68 Å². The second-order valence-electron chi connectivity index (χ2n) is 6.21. The monoisotopic (exact) mass is 382 g/mol. The number of hydrogen-bond donors (Lipinski definition) is 1. The van der Waals surface area contributed by atoms with E-state index in [1.165, 1.54) is 6.07 Å². The van der Waals surface area contributed by atoms with Gasteiger partial charge in [-0.2, -0.15) is 5.10 Å². The minimum atomic E-state index is -0.342. The molecule has 0 atom stereocenters. The standard InChI is InChI=1S/C20H19ClN4O2/c1-24(2)17-9-7-16(8-10-17)22-19(26)13-25-20(27)12-11-18(23-25)14-3-5-15(21)6-4-14/h3-12H,13H2,1-2H3,(H,22,26). The SMILES string of the molecule is CN(C)c1ccc(NC(=O)Cn2nc(-c3ccc(Cl)cc3)ccc2=O)cc1. The van der Waals surface area contributed by atoms with Crippen LogP contribution in [0.5, 0.6) is 0 Å². The summed E-state index contributed by atoms with van der Waals surface area (Å²) in [5, 5.41) is 7.68. The first kappa shape index (κ1) is 18.7. The number of hydrogen-bond acceptors (Lipinski definition) is 4. The molecule has 0 fully saturated rings. The summed E-state index contributed by atoms with van der Waals surface area (Å²) in [6, 6.07) is 17.6. The summed E-state index contributed by atoms with van der Waals surface area (Å²) >= 11 is 5.90. The molecule has 2 aromatic carbocycles. The van der Waals surface area contributed by atoms with E-state index < -0.39 is 0 Å². The van der Waals surface area contributed by atoms with E-state index in [1.807, 2.05) is 55.4 Å². The molecule has 6 nitrogen and oxygen atoms in total. The van der Waals surface area contributed by atoms with Gasteiger partial charge in [0.15, 0.2) is 0 Å². The van der Waals surface area contributed by atoms with Crippen molar-refractivity contribution in [1.82, 2.24) is 9.78 Å². The first-order valence-corrected chi connectivity index (χ1v) is 8.71. The van der Waals surface area contributed by atoms with Crippen LogP contribution in [0.3, 0.4) is 0 Å². The van der Waals surface area contributed by atoms with E-state index in [4.69, 9.17) is 11.6 Å². The van der Waals surface area contributed by atoms with Gasteiger partial charge in [-0.1, -0.05) is 23.7 Å². The minimum Gasteiger partial charge on any atom is -0.378 e. The molecule has 1 aromatic heterocycles. The average molecular weight is 383 g/mol. The highest BCUT2D eigenvalue weighted by atomic mass is 35.5. The van der Waals surface area contributed by atoms with E-state index in [9.17, 15) is 9.59 Å². The zero-order chi connectivity index (χ0) is 19.4. The minimum absolute atomic E-state index is 0.171. The summed E-state index contributed by atoms with van der Waals surface area (Å²) in [4.78, 5) is 26.3. The largest absolute Gasteiger partial charge is 0.378 e. The Morgan fingerprint density at radius 2 is 1.70 bits per heavy atom. The third-order valence-corrected chi connectivity index (χ3v) is 4.22. The van der Waals surface area contributed by atoms with Gasteiger partial charge in [0.1, 0.15) is 6.54 Å². The molecule has 0 unspecified atom stereocenters. The zero-order valence-electron chi connectivity index (χ0n) is 15.0. The summed E-state index contributed by atoms with van der Waals surface area (Å²) in [6.07, 6.45) is 0. The molecule has 0 aliphatic rings. The Labute approximate surface area is 162 Å². The molecule has 0 radical (unpaired) electrons. The lowest BCUT2D eigenvalue weighted by atomic mass is 10.1. The molecule has 3 rings (SSSR count). The lowest BCUT2D eigenvalue weighted by Crippen LogP contribution is -2.29. The first-order chi connectivity index (χ1) is 12.9. The smallest absolute Gasteiger partial charge is 0.267 e. The Morgan fingerprint density at radius 3 is 2.33 bits per heavy atom. The fourth-order valence-corrected chi connectivity index (χ4v) is 2.64. The van der Waals surface area contributed by atoms with Gasteiger partial charge in [0.05, 0.1) is 5.69 Å². The maximum Gasteiger partial charge on any atom is 0.267 e. The molecule has 27 heavy (non-hydrogen) atoms. The Kier molecular flexibility index (Phi) is 5.57. The van der Waals surface area contributed by atoms with Gasteiger partial charge in [-0.05, 0) is 42.5 Å². The van der Waals surface area contributed by atoms with Crippen LogP contribution in [0.4, 0.5) is 11.4 Å². The van der Waals surface area contributed by atoms with Gasteiger partial charge >= 0.3 is 0 Å². The van der Waals surface area contributed by atoms with Gasteiger partial charge in [-0.15, -0.1) is 0 Å². The van der Waals surface area contributed by atoms with Crippen molar-refractivity contribution in [2.45, 2.75) is 6.54 Å². The number of aromatic nitrogens is 2. The molecule has 1 heterocycles. The molecular weight excluding hydrogens is 364 g/mol. The number of nitrogens with one attached hydrogen (secondary N) is 1. The highest BCUT2D eigenvalue weighted by Gasteiger charge is 2.09. The summed E-state index contributed by atoms with van der Waals surface area (Å²) in [5.74, 6) is -0.324. The van der Waals surface area contributed by atoms with E-state index in [1.54, 1.807) is 18.2 Å². The van der Waals surface area contributed by atoms with Gasteiger partial charge < -0.3 is 10.2 Å². The van der Waals surface area contributed by atoms with Gasteiger partial charge in [0.25, 0.3) is 5.56 Å². The lowest BCUT2D eigenvalue weighted by Gasteiger charge is -2.13. The number of carbonyl (C=O) groups is 1. The van der Waals surface area contributed by atoms with E-state index >= 15 is 0 Å². The fraction of sp³-hybridized carbons (Fsp3) is 0.150. The Bertz CT molecular complexity index is 996. The summed E-state index contributed by atoms with van der Waals surface area (Å²) in [7, 11) is 3.89. The lowest BCUT2D eigenvalue weighted by molar-refractivity contribution is -0.117. The third kappa shape index (κ3) is 4.74. The van der Waals surface area contributed by atoms with Gasteiger partial charge in [0, 0.05) is 42.1 Å². The second kappa shape index (κ2) is 8.05. The number of nitrogens with zero attached hydrogens (tertiary/aromatic N) is 3. The van der Waals surface area contributed by atoms with Crippen LogP contribution < -0.4 is 15.8 Å².